The highest BCUT2D eigenvalue weighted by atomic mass is 16.5. The van der Waals surface area contributed by atoms with Crippen LogP contribution in [-0.4, -0.2) is 54.5 Å². The van der Waals surface area contributed by atoms with Crippen LogP contribution in [-0.2, 0) is 11.3 Å². The van der Waals surface area contributed by atoms with Crippen molar-refractivity contribution in [1.82, 2.24) is 20.5 Å². The molecule has 31 heavy (non-hydrogen) atoms. The molecule has 0 spiro atoms. The van der Waals surface area contributed by atoms with E-state index in [9.17, 15) is 4.79 Å². The molecule has 2 heterocycles. The number of carbonyl (C=O) groups is 1. The number of hydrogen-bond acceptors (Lipinski definition) is 5. The number of benzene rings is 1. The Morgan fingerprint density at radius 3 is 2.71 bits per heavy atom. The molecule has 1 amide bonds. The first kappa shape index (κ1) is 22.4. The number of aliphatic imine (C=N–C) groups is 1. The molecule has 1 aliphatic rings. The van der Waals surface area contributed by atoms with Gasteiger partial charge in [-0.15, -0.1) is 0 Å². The van der Waals surface area contributed by atoms with Gasteiger partial charge in [-0.05, 0) is 31.0 Å². The topological polar surface area (TPSA) is 88.1 Å². The lowest BCUT2D eigenvalue weighted by Crippen LogP contribution is -2.44. The van der Waals surface area contributed by atoms with Crippen LogP contribution in [0.4, 0.5) is 0 Å². The maximum Gasteiger partial charge on any atom is 0.222 e. The fourth-order valence-corrected chi connectivity index (χ4v) is 3.40. The third-order valence-electron chi connectivity index (χ3n) is 5.03. The summed E-state index contributed by atoms with van der Waals surface area (Å²) in [4.78, 5) is 22.4. The maximum absolute atomic E-state index is 11.8. The number of nitrogens with zero attached hydrogens (tertiary/aromatic N) is 3. The van der Waals surface area contributed by atoms with Crippen LogP contribution < -0.4 is 20.1 Å². The van der Waals surface area contributed by atoms with Gasteiger partial charge in [-0.2, -0.15) is 0 Å². The molecule has 1 unspecified atom stereocenters. The highest BCUT2D eigenvalue weighted by molar-refractivity contribution is 5.80. The van der Waals surface area contributed by atoms with Crippen LogP contribution in [0.3, 0.4) is 0 Å². The second kappa shape index (κ2) is 11.2. The Bertz CT molecular complexity index is 885. The van der Waals surface area contributed by atoms with Crippen molar-refractivity contribution in [2.45, 2.75) is 39.3 Å². The van der Waals surface area contributed by atoms with E-state index in [0.717, 1.165) is 18.5 Å². The van der Waals surface area contributed by atoms with E-state index in [4.69, 9.17) is 9.47 Å². The van der Waals surface area contributed by atoms with Gasteiger partial charge in [-0.25, -0.2) is 4.98 Å². The van der Waals surface area contributed by atoms with Gasteiger partial charge in [0.2, 0.25) is 11.8 Å². The van der Waals surface area contributed by atoms with Crippen molar-refractivity contribution in [3.63, 3.8) is 0 Å². The normalized spacial score (nSPS) is 16.2. The minimum absolute atomic E-state index is 0.199. The number of guanidine groups is 1. The average Bonchev–Trinajstić information content (AvgIpc) is 3.27. The molecule has 8 heteroatoms. The van der Waals surface area contributed by atoms with Crippen LogP contribution in [0.15, 0.2) is 47.6 Å². The molecule has 1 saturated heterocycles. The molecule has 2 aromatic rings. The van der Waals surface area contributed by atoms with Gasteiger partial charge >= 0.3 is 0 Å². The third kappa shape index (κ3) is 6.34. The molecule has 1 aromatic heterocycles. The second-order valence-corrected chi connectivity index (χ2v) is 7.24. The first-order valence-electron chi connectivity index (χ1n) is 10.7. The quantitative estimate of drug-likeness (QED) is 0.499. The molecule has 2 N–H and O–H groups in total. The highest BCUT2D eigenvalue weighted by Gasteiger charge is 2.25. The molecule has 1 atom stereocenters. The van der Waals surface area contributed by atoms with Crippen LogP contribution in [0, 0.1) is 0 Å². The Balaban J connectivity index is 1.50. The van der Waals surface area contributed by atoms with Crippen molar-refractivity contribution >= 4 is 11.9 Å². The number of hydrogen-bond donors (Lipinski definition) is 2. The van der Waals surface area contributed by atoms with Crippen LogP contribution in [0.5, 0.6) is 17.4 Å². The number of pyridine rings is 1. The van der Waals surface area contributed by atoms with Crippen molar-refractivity contribution < 1.29 is 14.3 Å². The van der Waals surface area contributed by atoms with Crippen LogP contribution in [0.2, 0.25) is 0 Å². The van der Waals surface area contributed by atoms with Gasteiger partial charge in [-0.3, -0.25) is 9.79 Å². The predicted molar refractivity (Wildman–Crippen MR) is 121 cm³/mol. The molecule has 1 aliphatic heterocycles. The summed E-state index contributed by atoms with van der Waals surface area (Å²) in [6.45, 7) is 6.48. The summed E-state index contributed by atoms with van der Waals surface area (Å²) in [5.41, 5.74) is 1.00. The lowest BCUT2D eigenvalue weighted by molar-refractivity contribution is -0.129. The van der Waals surface area contributed by atoms with Crippen molar-refractivity contribution in [3.05, 3.63) is 48.2 Å². The van der Waals surface area contributed by atoms with Crippen molar-refractivity contribution in [1.29, 1.82) is 0 Å². The summed E-state index contributed by atoms with van der Waals surface area (Å²) < 4.78 is 11.5. The zero-order valence-corrected chi connectivity index (χ0v) is 18.4. The van der Waals surface area contributed by atoms with Gasteiger partial charge in [0.1, 0.15) is 0 Å². The molecular formula is C23H31N5O3. The third-order valence-corrected chi connectivity index (χ3v) is 5.03. The molecule has 0 saturated carbocycles. The van der Waals surface area contributed by atoms with E-state index >= 15 is 0 Å². The van der Waals surface area contributed by atoms with E-state index in [-0.39, 0.29) is 11.9 Å². The Hall–Kier alpha value is -3.29. The number of amides is 1. The van der Waals surface area contributed by atoms with Crippen molar-refractivity contribution in [2.75, 3.05) is 26.7 Å². The number of ether oxygens (including phenoxy) is 2. The van der Waals surface area contributed by atoms with Crippen LogP contribution in [0.1, 0.15) is 32.3 Å². The zero-order chi connectivity index (χ0) is 22.1. The molecule has 166 valence electrons. The molecule has 0 bridgehead atoms. The van der Waals surface area contributed by atoms with Crippen LogP contribution in [0.25, 0.3) is 0 Å². The Labute approximate surface area is 183 Å². The SMILES string of the molecule is CCOc1ccccc1Oc1ccc(CNC(=NC)NC2CCN(C(=O)CC)C2)cn1. The van der Waals surface area contributed by atoms with Gasteiger partial charge in [0.05, 0.1) is 6.61 Å². The first-order chi connectivity index (χ1) is 15.1. The van der Waals surface area contributed by atoms with Gasteiger partial charge in [-0.1, -0.05) is 25.1 Å². The molecule has 3 rings (SSSR count). The van der Waals surface area contributed by atoms with Gasteiger partial charge in [0.25, 0.3) is 0 Å². The Kier molecular flexibility index (Phi) is 8.09. The lowest BCUT2D eigenvalue weighted by atomic mass is 10.2. The van der Waals surface area contributed by atoms with E-state index in [2.05, 4.69) is 20.6 Å². The Morgan fingerprint density at radius 2 is 2.03 bits per heavy atom. The molecular weight excluding hydrogens is 394 g/mol. The highest BCUT2D eigenvalue weighted by Crippen LogP contribution is 2.30. The number of likely N-dealkylation sites (tertiary alicyclic amines) is 1. The number of rotatable bonds is 8. The van der Waals surface area contributed by atoms with E-state index in [1.807, 2.05) is 55.1 Å². The van der Waals surface area contributed by atoms with Crippen LogP contribution >= 0.6 is 0 Å². The smallest absolute Gasteiger partial charge is 0.222 e. The van der Waals surface area contributed by atoms with E-state index in [0.29, 0.717) is 49.5 Å². The number of carbonyl (C=O) groups excluding carboxylic acids is 1. The summed E-state index contributed by atoms with van der Waals surface area (Å²) in [6, 6.07) is 11.5. The number of para-hydroxylation sites is 2. The fraction of sp³-hybridized carbons (Fsp3) is 0.435. The summed E-state index contributed by atoms with van der Waals surface area (Å²) in [5.74, 6) is 2.74. The van der Waals surface area contributed by atoms with Gasteiger partial charge in [0, 0.05) is 51.4 Å². The van der Waals surface area contributed by atoms with E-state index in [1.165, 1.54) is 0 Å². The second-order valence-electron chi connectivity index (χ2n) is 7.24. The van der Waals surface area contributed by atoms with Crippen molar-refractivity contribution in [3.8, 4) is 17.4 Å². The number of aromatic nitrogens is 1. The largest absolute Gasteiger partial charge is 0.490 e. The summed E-state index contributed by atoms with van der Waals surface area (Å²) >= 11 is 0. The first-order valence-corrected chi connectivity index (χ1v) is 10.7. The van der Waals surface area contributed by atoms with E-state index in [1.54, 1.807) is 13.2 Å². The summed E-state index contributed by atoms with van der Waals surface area (Å²) in [7, 11) is 1.74. The summed E-state index contributed by atoms with van der Waals surface area (Å²) in [5, 5.41) is 6.69. The molecule has 1 aromatic carbocycles. The molecule has 8 nitrogen and oxygen atoms in total. The minimum Gasteiger partial charge on any atom is -0.490 e. The maximum atomic E-state index is 11.8. The van der Waals surface area contributed by atoms with Gasteiger partial charge in [0.15, 0.2) is 17.5 Å². The van der Waals surface area contributed by atoms with E-state index < -0.39 is 0 Å². The molecule has 1 fully saturated rings. The predicted octanol–water partition coefficient (Wildman–Crippen LogP) is 2.95. The zero-order valence-electron chi connectivity index (χ0n) is 18.4. The monoisotopic (exact) mass is 425 g/mol. The average molecular weight is 426 g/mol. The van der Waals surface area contributed by atoms with Gasteiger partial charge < -0.3 is 25.0 Å². The standard InChI is InChI=1S/C23H31N5O3/c1-4-22(29)28-13-12-18(16-28)27-23(24-3)26-15-17-10-11-21(25-14-17)31-20-9-7-6-8-19(20)30-5-2/h6-11,14,18H,4-5,12-13,15-16H2,1-3H3,(H2,24,26,27). The molecule has 0 radical (unpaired) electrons. The molecule has 0 aliphatic carbocycles. The Morgan fingerprint density at radius 1 is 1.23 bits per heavy atom. The lowest BCUT2D eigenvalue weighted by Gasteiger charge is -2.18. The van der Waals surface area contributed by atoms with Crippen molar-refractivity contribution in [2.24, 2.45) is 4.99 Å². The summed E-state index contributed by atoms with van der Waals surface area (Å²) in [6.07, 6.45) is 3.24. The number of nitrogens with one attached hydrogen (secondary N) is 2. The fourth-order valence-electron chi connectivity index (χ4n) is 3.40. The minimum atomic E-state index is 0.199.